The van der Waals surface area contributed by atoms with Crippen molar-refractivity contribution in [2.75, 3.05) is 11.8 Å². The number of hydrogen-bond donors (Lipinski definition) is 2. The van der Waals surface area contributed by atoms with Gasteiger partial charge in [0, 0.05) is 11.3 Å². The third kappa shape index (κ3) is 5.45. The highest BCUT2D eigenvalue weighted by Crippen LogP contribution is 2.17. The van der Waals surface area contributed by atoms with Crippen molar-refractivity contribution in [3.63, 3.8) is 0 Å². The molecule has 0 aliphatic carbocycles. The van der Waals surface area contributed by atoms with Gasteiger partial charge in [0.15, 0.2) is 0 Å². The first-order valence-electron chi connectivity index (χ1n) is 9.04. The van der Waals surface area contributed by atoms with Crippen molar-refractivity contribution in [2.45, 2.75) is 11.8 Å². The van der Waals surface area contributed by atoms with Crippen LogP contribution in [0.5, 0.6) is 5.75 Å². The number of aryl methyl sites for hydroxylation is 1. The fraction of sp³-hybridized carbons (Fsp3) is 0.0909. The number of sulfonamides is 1. The van der Waals surface area contributed by atoms with Gasteiger partial charge in [-0.15, -0.1) is 0 Å². The lowest BCUT2D eigenvalue weighted by atomic mass is 10.2. The molecular formula is C22H21N3O4S. The Morgan fingerprint density at radius 2 is 1.57 bits per heavy atom. The van der Waals surface area contributed by atoms with E-state index in [-0.39, 0.29) is 4.90 Å². The van der Waals surface area contributed by atoms with Gasteiger partial charge in [0.05, 0.1) is 18.2 Å². The van der Waals surface area contributed by atoms with Crippen LogP contribution in [0.25, 0.3) is 0 Å². The third-order valence-electron chi connectivity index (χ3n) is 4.23. The Bertz CT molecular complexity index is 1140. The maximum Gasteiger partial charge on any atom is 0.271 e. The van der Waals surface area contributed by atoms with Crippen LogP contribution in [0.2, 0.25) is 0 Å². The van der Waals surface area contributed by atoms with Crippen molar-refractivity contribution >= 4 is 27.8 Å². The molecule has 154 valence electrons. The number of hydrazone groups is 1. The van der Waals surface area contributed by atoms with E-state index in [9.17, 15) is 13.2 Å². The van der Waals surface area contributed by atoms with Crippen LogP contribution in [0.3, 0.4) is 0 Å². The van der Waals surface area contributed by atoms with Crippen molar-refractivity contribution in [1.82, 2.24) is 5.43 Å². The van der Waals surface area contributed by atoms with Crippen LogP contribution in [-0.4, -0.2) is 27.6 Å². The Kier molecular flexibility index (Phi) is 6.48. The molecule has 1 amide bonds. The van der Waals surface area contributed by atoms with Gasteiger partial charge in [-0.25, -0.2) is 13.8 Å². The van der Waals surface area contributed by atoms with Crippen molar-refractivity contribution in [1.29, 1.82) is 0 Å². The summed E-state index contributed by atoms with van der Waals surface area (Å²) in [6, 6.07) is 19.8. The highest BCUT2D eigenvalue weighted by atomic mass is 32.2. The minimum absolute atomic E-state index is 0.169. The van der Waals surface area contributed by atoms with Crippen LogP contribution < -0.4 is 14.9 Å². The Labute approximate surface area is 175 Å². The van der Waals surface area contributed by atoms with E-state index in [0.717, 1.165) is 16.9 Å². The summed E-state index contributed by atoms with van der Waals surface area (Å²) in [5.41, 5.74) is 4.91. The van der Waals surface area contributed by atoms with Gasteiger partial charge in [-0.2, -0.15) is 5.10 Å². The maximum absolute atomic E-state index is 12.4. The highest BCUT2D eigenvalue weighted by Gasteiger charge is 2.14. The molecule has 0 saturated heterocycles. The lowest BCUT2D eigenvalue weighted by Gasteiger charge is -2.09. The second-order valence-electron chi connectivity index (χ2n) is 6.47. The predicted octanol–water partition coefficient (Wildman–Crippen LogP) is 3.57. The molecule has 0 aliphatic rings. The largest absolute Gasteiger partial charge is 0.497 e. The van der Waals surface area contributed by atoms with Gasteiger partial charge in [0.1, 0.15) is 5.75 Å². The fourth-order valence-corrected chi connectivity index (χ4v) is 3.60. The molecule has 2 N–H and O–H groups in total. The number of amides is 1. The van der Waals surface area contributed by atoms with Crippen LogP contribution in [0.15, 0.2) is 82.8 Å². The summed E-state index contributed by atoms with van der Waals surface area (Å²) < 4.78 is 32.4. The first-order chi connectivity index (χ1) is 14.4. The molecule has 0 spiro atoms. The fourth-order valence-electron chi connectivity index (χ4n) is 2.54. The Morgan fingerprint density at radius 3 is 2.17 bits per heavy atom. The van der Waals surface area contributed by atoms with Crippen LogP contribution >= 0.6 is 0 Å². The van der Waals surface area contributed by atoms with Crippen LogP contribution in [0.1, 0.15) is 21.5 Å². The summed E-state index contributed by atoms with van der Waals surface area (Å²) in [6.45, 7) is 1.88. The number of benzene rings is 3. The molecule has 0 aromatic heterocycles. The third-order valence-corrected chi connectivity index (χ3v) is 5.62. The molecular weight excluding hydrogens is 402 g/mol. The van der Waals surface area contributed by atoms with E-state index in [0.29, 0.717) is 11.3 Å². The van der Waals surface area contributed by atoms with Crippen LogP contribution in [-0.2, 0) is 10.0 Å². The molecule has 0 atom stereocenters. The average molecular weight is 423 g/mol. The van der Waals surface area contributed by atoms with E-state index < -0.39 is 15.9 Å². The molecule has 0 unspecified atom stereocenters. The number of nitrogens with zero attached hydrogens (tertiary/aromatic N) is 1. The number of rotatable bonds is 7. The molecule has 0 saturated carbocycles. The number of carbonyl (C=O) groups excluding carboxylic acids is 1. The highest BCUT2D eigenvalue weighted by molar-refractivity contribution is 7.92. The molecule has 3 rings (SSSR count). The van der Waals surface area contributed by atoms with Gasteiger partial charge in [0.25, 0.3) is 15.9 Å². The normalized spacial score (nSPS) is 11.3. The van der Waals surface area contributed by atoms with Crippen molar-refractivity contribution in [3.8, 4) is 5.75 Å². The van der Waals surface area contributed by atoms with E-state index in [1.807, 2.05) is 19.1 Å². The van der Waals surface area contributed by atoms with Gasteiger partial charge >= 0.3 is 0 Å². The molecule has 8 heteroatoms. The van der Waals surface area contributed by atoms with Crippen molar-refractivity contribution in [3.05, 3.63) is 89.5 Å². The SMILES string of the molecule is COc1ccc(/C=N\NC(=O)c2ccc(NS(=O)(=O)c3ccc(C)cc3)cc2)cc1. The summed E-state index contributed by atoms with van der Waals surface area (Å²) >= 11 is 0. The van der Waals surface area contributed by atoms with Gasteiger partial charge in [-0.3, -0.25) is 9.52 Å². The van der Waals surface area contributed by atoms with Gasteiger partial charge in [0.2, 0.25) is 0 Å². The van der Waals surface area contributed by atoms with Gasteiger partial charge in [-0.1, -0.05) is 17.7 Å². The van der Waals surface area contributed by atoms with E-state index in [4.69, 9.17) is 4.74 Å². The van der Waals surface area contributed by atoms with Gasteiger partial charge < -0.3 is 4.74 Å². The minimum atomic E-state index is -3.70. The second-order valence-corrected chi connectivity index (χ2v) is 8.15. The predicted molar refractivity (Wildman–Crippen MR) is 116 cm³/mol. The number of anilines is 1. The first kappa shape index (κ1) is 21.1. The average Bonchev–Trinajstić information content (AvgIpc) is 2.74. The smallest absolute Gasteiger partial charge is 0.271 e. The molecule has 0 aliphatic heterocycles. The summed E-state index contributed by atoms with van der Waals surface area (Å²) in [7, 11) is -2.11. The standard InChI is InChI=1S/C22H21N3O4S/c1-16-3-13-21(14-4-16)30(27,28)25-19-9-7-18(8-10-19)22(26)24-23-15-17-5-11-20(29-2)12-6-17/h3-15,25H,1-2H3,(H,24,26)/b23-15-. The molecule has 30 heavy (non-hydrogen) atoms. The zero-order chi connectivity index (χ0) is 21.6. The topological polar surface area (TPSA) is 96.9 Å². The summed E-state index contributed by atoms with van der Waals surface area (Å²) in [6.07, 6.45) is 1.52. The lowest BCUT2D eigenvalue weighted by Crippen LogP contribution is -2.18. The van der Waals surface area contributed by atoms with Gasteiger partial charge in [-0.05, 0) is 73.2 Å². The molecule has 0 bridgehead atoms. The van der Waals surface area contributed by atoms with E-state index >= 15 is 0 Å². The van der Waals surface area contributed by atoms with Crippen LogP contribution in [0.4, 0.5) is 5.69 Å². The number of methoxy groups -OCH3 is 1. The second kappa shape index (κ2) is 9.23. The van der Waals surface area contributed by atoms with Crippen molar-refractivity contribution in [2.24, 2.45) is 5.10 Å². The monoisotopic (exact) mass is 423 g/mol. The number of hydrogen-bond acceptors (Lipinski definition) is 5. The quantitative estimate of drug-likeness (QED) is 0.448. The number of carbonyl (C=O) groups is 1. The molecule has 7 nitrogen and oxygen atoms in total. The minimum Gasteiger partial charge on any atom is -0.497 e. The van der Waals surface area contributed by atoms with E-state index in [1.54, 1.807) is 43.5 Å². The van der Waals surface area contributed by atoms with E-state index in [2.05, 4.69) is 15.2 Å². The zero-order valence-corrected chi connectivity index (χ0v) is 17.3. The lowest BCUT2D eigenvalue weighted by molar-refractivity contribution is 0.0955. The molecule has 0 radical (unpaired) electrons. The Hall–Kier alpha value is -3.65. The molecule has 3 aromatic rings. The Morgan fingerprint density at radius 1 is 0.933 bits per heavy atom. The molecule has 3 aromatic carbocycles. The number of ether oxygens (including phenoxy) is 1. The zero-order valence-electron chi connectivity index (χ0n) is 16.5. The first-order valence-corrected chi connectivity index (χ1v) is 10.5. The summed E-state index contributed by atoms with van der Waals surface area (Å²) in [5, 5.41) is 3.93. The van der Waals surface area contributed by atoms with Crippen molar-refractivity contribution < 1.29 is 17.9 Å². The van der Waals surface area contributed by atoms with Crippen LogP contribution in [0, 0.1) is 6.92 Å². The number of nitrogens with one attached hydrogen (secondary N) is 2. The van der Waals surface area contributed by atoms with E-state index in [1.165, 1.54) is 30.5 Å². The summed E-state index contributed by atoms with van der Waals surface area (Å²) in [4.78, 5) is 12.4. The molecule has 0 fully saturated rings. The maximum atomic E-state index is 12.4. The Balaban J connectivity index is 1.61. The molecule has 0 heterocycles. The summed E-state index contributed by atoms with van der Waals surface area (Å²) in [5.74, 6) is 0.321.